The van der Waals surface area contributed by atoms with Crippen LogP contribution >= 0.6 is 0 Å². The van der Waals surface area contributed by atoms with Crippen LogP contribution in [0.1, 0.15) is 20.3 Å². The highest BCUT2D eigenvalue weighted by Crippen LogP contribution is 2.31. The molecule has 1 saturated heterocycles. The predicted molar refractivity (Wildman–Crippen MR) is 106 cm³/mol. The quantitative estimate of drug-likeness (QED) is 0.745. The van der Waals surface area contributed by atoms with Crippen molar-refractivity contribution in [2.24, 2.45) is 0 Å². The average molecular weight is 404 g/mol. The van der Waals surface area contributed by atoms with E-state index in [0.29, 0.717) is 37.7 Å². The molecule has 1 aromatic carbocycles. The zero-order chi connectivity index (χ0) is 20.8. The van der Waals surface area contributed by atoms with Gasteiger partial charge in [-0.25, -0.2) is 4.79 Å². The minimum Gasteiger partial charge on any atom is -0.485 e. The highest BCUT2D eigenvalue weighted by atomic mass is 16.6. The zero-order valence-electron chi connectivity index (χ0n) is 16.8. The van der Waals surface area contributed by atoms with Crippen LogP contribution in [0.5, 0.6) is 11.5 Å². The van der Waals surface area contributed by atoms with Crippen LogP contribution in [0.4, 0.5) is 4.79 Å². The molecule has 0 bridgehead atoms. The summed E-state index contributed by atoms with van der Waals surface area (Å²) >= 11 is 0. The lowest BCUT2D eigenvalue weighted by Crippen LogP contribution is -2.55. The Hall–Kier alpha value is -2.81. The van der Waals surface area contributed by atoms with Crippen molar-refractivity contribution >= 4 is 17.8 Å². The summed E-state index contributed by atoms with van der Waals surface area (Å²) in [6.07, 6.45) is 0.128. The number of carbonyl (C=O) groups is 3. The van der Waals surface area contributed by atoms with Crippen LogP contribution in [-0.2, 0) is 9.59 Å². The molecule has 29 heavy (non-hydrogen) atoms. The first-order chi connectivity index (χ1) is 14.0. The fourth-order valence-electron chi connectivity index (χ4n) is 3.20. The Kier molecular flexibility index (Phi) is 6.92. The largest absolute Gasteiger partial charge is 0.485 e. The van der Waals surface area contributed by atoms with E-state index in [-0.39, 0.29) is 31.0 Å². The molecule has 2 aliphatic heterocycles. The van der Waals surface area contributed by atoms with Gasteiger partial charge in [-0.05, 0) is 25.5 Å². The Morgan fingerprint density at radius 3 is 2.52 bits per heavy atom. The SMILES string of the molecule is CC[C@@H](C)NC(=O)NC(=O)CN1CCN(C(=O)[C@H]2COc3ccccc3O2)CC1. The lowest BCUT2D eigenvalue weighted by Gasteiger charge is -2.36. The Balaban J connectivity index is 1.42. The molecule has 0 unspecified atom stereocenters. The number of benzene rings is 1. The van der Waals surface area contributed by atoms with Gasteiger partial charge in [0.25, 0.3) is 5.91 Å². The van der Waals surface area contributed by atoms with E-state index in [1.807, 2.05) is 36.9 Å². The van der Waals surface area contributed by atoms with Crippen molar-refractivity contribution in [2.45, 2.75) is 32.4 Å². The van der Waals surface area contributed by atoms with Crippen LogP contribution in [0.3, 0.4) is 0 Å². The summed E-state index contributed by atoms with van der Waals surface area (Å²) in [5.41, 5.74) is 0. The number of piperazine rings is 1. The number of hydrogen-bond donors (Lipinski definition) is 2. The second kappa shape index (κ2) is 9.60. The number of ether oxygens (including phenoxy) is 2. The van der Waals surface area contributed by atoms with Crippen LogP contribution in [-0.4, -0.2) is 79.1 Å². The summed E-state index contributed by atoms with van der Waals surface area (Å²) in [6.45, 7) is 6.22. The van der Waals surface area contributed by atoms with Gasteiger partial charge in [0.05, 0.1) is 6.54 Å². The maximum Gasteiger partial charge on any atom is 0.321 e. The fourth-order valence-corrected chi connectivity index (χ4v) is 3.20. The summed E-state index contributed by atoms with van der Waals surface area (Å²) in [5, 5.41) is 5.03. The molecule has 1 aromatic rings. The number of nitrogens with zero attached hydrogens (tertiary/aromatic N) is 2. The molecule has 0 saturated carbocycles. The van der Waals surface area contributed by atoms with Gasteiger partial charge in [0.1, 0.15) is 6.61 Å². The first-order valence-corrected chi connectivity index (χ1v) is 9.96. The number of amides is 4. The number of nitrogens with one attached hydrogen (secondary N) is 2. The van der Waals surface area contributed by atoms with Crippen molar-refractivity contribution in [3.63, 3.8) is 0 Å². The molecule has 2 N–H and O–H groups in total. The van der Waals surface area contributed by atoms with Gasteiger partial charge >= 0.3 is 6.03 Å². The van der Waals surface area contributed by atoms with Gasteiger partial charge in [-0.15, -0.1) is 0 Å². The number of rotatable bonds is 5. The second-order valence-corrected chi connectivity index (χ2v) is 7.30. The molecule has 9 nitrogen and oxygen atoms in total. The number of para-hydroxylation sites is 2. The van der Waals surface area contributed by atoms with E-state index in [1.54, 1.807) is 11.0 Å². The van der Waals surface area contributed by atoms with Crippen molar-refractivity contribution in [3.05, 3.63) is 24.3 Å². The van der Waals surface area contributed by atoms with Gasteiger partial charge < -0.3 is 19.7 Å². The normalized spacial score (nSPS) is 19.9. The van der Waals surface area contributed by atoms with Gasteiger partial charge in [-0.2, -0.15) is 0 Å². The lowest BCUT2D eigenvalue weighted by molar-refractivity contribution is -0.143. The molecule has 0 aliphatic carbocycles. The third kappa shape index (κ3) is 5.60. The molecular weight excluding hydrogens is 376 g/mol. The molecule has 0 spiro atoms. The van der Waals surface area contributed by atoms with Crippen LogP contribution in [0, 0.1) is 0 Å². The van der Waals surface area contributed by atoms with E-state index in [9.17, 15) is 14.4 Å². The van der Waals surface area contributed by atoms with Gasteiger partial charge in [0.2, 0.25) is 12.0 Å². The maximum atomic E-state index is 12.7. The summed E-state index contributed by atoms with van der Waals surface area (Å²) in [4.78, 5) is 40.2. The first-order valence-electron chi connectivity index (χ1n) is 9.96. The number of fused-ring (bicyclic) bond motifs is 1. The number of urea groups is 1. The zero-order valence-corrected chi connectivity index (χ0v) is 16.8. The fraction of sp³-hybridized carbons (Fsp3) is 0.550. The summed E-state index contributed by atoms with van der Waals surface area (Å²) in [7, 11) is 0. The van der Waals surface area contributed by atoms with E-state index in [4.69, 9.17) is 9.47 Å². The topological polar surface area (TPSA) is 100 Å². The molecule has 2 heterocycles. The lowest BCUT2D eigenvalue weighted by atomic mass is 10.2. The minimum atomic E-state index is -0.663. The van der Waals surface area contributed by atoms with Gasteiger partial charge in [0.15, 0.2) is 11.5 Å². The number of carbonyl (C=O) groups excluding carboxylic acids is 3. The van der Waals surface area contributed by atoms with Crippen molar-refractivity contribution in [2.75, 3.05) is 39.3 Å². The Bertz CT molecular complexity index is 748. The van der Waals surface area contributed by atoms with E-state index in [2.05, 4.69) is 10.6 Å². The second-order valence-electron chi connectivity index (χ2n) is 7.30. The van der Waals surface area contributed by atoms with Gasteiger partial charge in [0, 0.05) is 32.2 Å². The predicted octanol–water partition coefficient (Wildman–Crippen LogP) is 0.595. The smallest absolute Gasteiger partial charge is 0.321 e. The third-order valence-corrected chi connectivity index (χ3v) is 5.08. The van der Waals surface area contributed by atoms with Crippen LogP contribution in [0.25, 0.3) is 0 Å². The molecule has 0 aromatic heterocycles. The maximum absolute atomic E-state index is 12.7. The first kappa shape index (κ1) is 20.9. The number of hydrogen-bond acceptors (Lipinski definition) is 6. The molecule has 0 radical (unpaired) electrons. The van der Waals surface area contributed by atoms with Crippen LogP contribution in [0.2, 0.25) is 0 Å². The molecule has 158 valence electrons. The van der Waals surface area contributed by atoms with Crippen LogP contribution in [0.15, 0.2) is 24.3 Å². The van der Waals surface area contributed by atoms with E-state index in [0.717, 1.165) is 6.42 Å². The van der Waals surface area contributed by atoms with Crippen molar-refractivity contribution in [3.8, 4) is 11.5 Å². The Morgan fingerprint density at radius 2 is 1.83 bits per heavy atom. The molecule has 2 aliphatic rings. The molecular formula is C20H28N4O5. The number of imide groups is 1. The standard InChI is InChI=1S/C20H28N4O5/c1-3-14(2)21-20(27)22-18(25)12-23-8-10-24(11-9-23)19(26)17-13-28-15-6-4-5-7-16(15)29-17/h4-7,14,17H,3,8-13H2,1-2H3,(H2,21,22,25,27)/t14-,17-/m1/s1. The summed E-state index contributed by atoms with van der Waals surface area (Å²) in [5.74, 6) is 0.746. The van der Waals surface area contributed by atoms with Gasteiger partial charge in [-0.3, -0.25) is 19.8 Å². The molecule has 9 heteroatoms. The molecule has 2 atom stereocenters. The van der Waals surface area contributed by atoms with E-state index >= 15 is 0 Å². The van der Waals surface area contributed by atoms with Crippen molar-refractivity contribution in [1.82, 2.24) is 20.4 Å². The van der Waals surface area contributed by atoms with E-state index < -0.39 is 12.1 Å². The van der Waals surface area contributed by atoms with Crippen molar-refractivity contribution < 1.29 is 23.9 Å². The summed E-state index contributed by atoms with van der Waals surface area (Å²) < 4.78 is 11.4. The minimum absolute atomic E-state index is 0.00954. The molecule has 1 fully saturated rings. The van der Waals surface area contributed by atoms with Crippen LogP contribution < -0.4 is 20.1 Å². The Morgan fingerprint density at radius 1 is 1.14 bits per heavy atom. The van der Waals surface area contributed by atoms with Crippen molar-refractivity contribution in [1.29, 1.82) is 0 Å². The molecule has 4 amide bonds. The highest BCUT2D eigenvalue weighted by Gasteiger charge is 2.33. The van der Waals surface area contributed by atoms with E-state index in [1.165, 1.54) is 0 Å². The average Bonchev–Trinajstić information content (AvgIpc) is 2.73. The monoisotopic (exact) mass is 404 g/mol. The molecule has 3 rings (SSSR count). The Labute approximate surface area is 170 Å². The third-order valence-electron chi connectivity index (χ3n) is 5.08. The highest BCUT2D eigenvalue weighted by molar-refractivity contribution is 5.95. The van der Waals surface area contributed by atoms with Gasteiger partial charge in [-0.1, -0.05) is 19.1 Å². The summed E-state index contributed by atoms with van der Waals surface area (Å²) in [6, 6.07) is 6.81.